The molecule has 0 aromatic heterocycles. The summed E-state index contributed by atoms with van der Waals surface area (Å²) >= 11 is 0. The summed E-state index contributed by atoms with van der Waals surface area (Å²) in [6, 6.07) is -0.0428. The van der Waals surface area contributed by atoms with Gasteiger partial charge in [0, 0.05) is 6.04 Å². The van der Waals surface area contributed by atoms with Crippen molar-refractivity contribution in [3.63, 3.8) is 0 Å². The third kappa shape index (κ3) is 6.87. The summed E-state index contributed by atoms with van der Waals surface area (Å²) in [6.45, 7) is 8.29. The van der Waals surface area contributed by atoms with E-state index in [1.54, 1.807) is 0 Å². The summed E-state index contributed by atoms with van der Waals surface area (Å²) in [4.78, 5) is 0. The first-order valence-electron chi connectivity index (χ1n) is 5.48. The minimum absolute atomic E-state index is 0.0428. The van der Waals surface area contributed by atoms with Gasteiger partial charge in [0.25, 0.3) is 0 Å². The van der Waals surface area contributed by atoms with E-state index in [9.17, 15) is 8.42 Å². The van der Waals surface area contributed by atoms with Gasteiger partial charge in [-0.25, -0.2) is 13.1 Å². The van der Waals surface area contributed by atoms with E-state index in [0.29, 0.717) is 13.0 Å². The lowest BCUT2D eigenvalue weighted by atomic mass is 10.0. The van der Waals surface area contributed by atoms with E-state index >= 15 is 0 Å². The van der Waals surface area contributed by atoms with Crippen molar-refractivity contribution in [1.29, 1.82) is 0 Å². The molecule has 0 saturated carbocycles. The highest BCUT2D eigenvalue weighted by Crippen LogP contribution is 2.08. The molecule has 92 valence electrons. The van der Waals surface area contributed by atoms with E-state index in [1.807, 2.05) is 27.7 Å². The Kier molecular flexibility index (Phi) is 6.40. The molecule has 3 N–H and O–H groups in total. The topological polar surface area (TPSA) is 72.2 Å². The molecule has 15 heavy (non-hydrogen) atoms. The second-order valence-electron chi connectivity index (χ2n) is 4.72. The number of nitrogens with one attached hydrogen (secondary N) is 1. The number of nitrogens with two attached hydrogens (primary N) is 1. The fourth-order valence-electron chi connectivity index (χ4n) is 1.43. The summed E-state index contributed by atoms with van der Waals surface area (Å²) < 4.78 is 26.1. The van der Waals surface area contributed by atoms with Gasteiger partial charge < -0.3 is 5.73 Å². The Bertz CT molecular complexity index is 261. The SMILES string of the molecule is CC(C)CS(=O)(=O)NC(CCN)C(C)C. The second-order valence-corrected chi connectivity index (χ2v) is 6.52. The summed E-state index contributed by atoms with van der Waals surface area (Å²) in [5, 5.41) is 0. The number of hydrogen-bond donors (Lipinski definition) is 2. The number of sulfonamides is 1. The van der Waals surface area contributed by atoms with Crippen molar-refractivity contribution in [3.8, 4) is 0 Å². The molecule has 4 nitrogen and oxygen atoms in total. The summed E-state index contributed by atoms with van der Waals surface area (Å²) in [6.07, 6.45) is 0.689. The van der Waals surface area contributed by atoms with Crippen molar-refractivity contribution >= 4 is 10.0 Å². The maximum atomic E-state index is 11.7. The molecule has 0 aromatic rings. The molecule has 0 aliphatic carbocycles. The lowest BCUT2D eigenvalue weighted by Gasteiger charge is -2.22. The second kappa shape index (κ2) is 6.45. The minimum Gasteiger partial charge on any atom is -0.330 e. The van der Waals surface area contributed by atoms with Gasteiger partial charge in [-0.3, -0.25) is 0 Å². The van der Waals surface area contributed by atoms with E-state index in [0.717, 1.165) is 0 Å². The fourth-order valence-corrected chi connectivity index (χ4v) is 3.25. The van der Waals surface area contributed by atoms with Crippen LogP contribution in [0.5, 0.6) is 0 Å². The van der Waals surface area contributed by atoms with E-state index in [-0.39, 0.29) is 23.6 Å². The highest BCUT2D eigenvalue weighted by molar-refractivity contribution is 7.89. The molecule has 0 spiro atoms. The molecule has 1 unspecified atom stereocenters. The Morgan fingerprint density at radius 1 is 1.20 bits per heavy atom. The van der Waals surface area contributed by atoms with Gasteiger partial charge in [-0.15, -0.1) is 0 Å². The highest BCUT2D eigenvalue weighted by atomic mass is 32.2. The molecular weight excluding hydrogens is 212 g/mol. The van der Waals surface area contributed by atoms with Crippen molar-refractivity contribution < 1.29 is 8.42 Å². The Morgan fingerprint density at radius 3 is 2.07 bits per heavy atom. The summed E-state index contributed by atoms with van der Waals surface area (Å²) in [5.41, 5.74) is 5.45. The van der Waals surface area contributed by atoms with E-state index in [2.05, 4.69) is 4.72 Å². The zero-order valence-electron chi connectivity index (χ0n) is 10.2. The fraction of sp³-hybridized carbons (Fsp3) is 1.00. The van der Waals surface area contributed by atoms with Crippen LogP contribution >= 0.6 is 0 Å². The van der Waals surface area contributed by atoms with Crippen LogP contribution in [0.15, 0.2) is 0 Å². The maximum Gasteiger partial charge on any atom is 0.212 e. The lowest BCUT2D eigenvalue weighted by Crippen LogP contribution is -2.41. The monoisotopic (exact) mass is 236 g/mol. The van der Waals surface area contributed by atoms with Crippen LogP contribution in [0.3, 0.4) is 0 Å². The van der Waals surface area contributed by atoms with Crippen molar-refractivity contribution in [2.24, 2.45) is 17.6 Å². The van der Waals surface area contributed by atoms with Crippen LogP contribution < -0.4 is 10.5 Å². The molecule has 0 saturated heterocycles. The molecule has 0 aliphatic heterocycles. The smallest absolute Gasteiger partial charge is 0.212 e. The molecule has 0 radical (unpaired) electrons. The zero-order chi connectivity index (χ0) is 12.1. The van der Waals surface area contributed by atoms with Crippen LogP contribution in [0.2, 0.25) is 0 Å². The first kappa shape index (κ1) is 14.9. The largest absolute Gasteiger partial charge is 0.330 e. The van der Waals surface area contributed by atoms with Gasteiger partial charge in [0.1, 0.15) is 0 Å². The molecule has 0 bridgehead atoms. The summed E-state index contributed by atoms with van der Waals surface area (Å²) in [5.74, 6) is 0.601. The Morgan fingerprint density at radius 2 is 1.73 bits per heavy atom. The van der Waals surface area contributed by atoms with Gasteiger partial charge in [0.2, 0.25) is 10.0 Å². The van der Waals surface area contributed by atoms with Crippen molar-refractivity contribution in [1.82, 2.24) is 4.72 Å². The van der Waals surface area contributed by atoms with Crippen molar-refractivity contribution in [2.75, 3.05) is 12.3 Å². The number of rotatable bonds is 7. The zero-order valence-corrected chi connectivity index (χ0v) is 11.0. The summed E-state index contributed by atoms with van der Waals surface area (Å²) in [7, 11) is -3.15. The predicted molar refractivity (Wildman–Crippen MR) is 64.1 cm³/mol. The Hall–Kier alpha value is -0.130. The van der Waals surface area contributed by atoms with Gasteiger partial charge >= 0.3 is 0 Å². The van der Waals surface area contributed by atoms with Crippen molar-refractivity contribution in [2.45, 2.75) is 40.2 Å². The van der Waals surface area contributed by atoms with Gasteiger partial charge in [-0.1, -0.05) is 27.7 Å². The van der Waals surface area contributed by atoms with Crippen LogP contribution in [-0.4, -0.2) is 26.8 Å². The molecule has 5 heteroatoms. The average molecular weight is 236 g/mol. The quantitative estimate of drug-likeness (QED) is 0.691. The lowest BCUT2D eigenvalue weighted by molar-refractivity contribution is 0.427. The maximum absolute atomic E-state index is 11.7. The minimum atomic E-state index is -3.15. The van der Waals surface area contributed by atoms with Crippen LogP contribution in [0.4, 0.5) is 0 Å². The first-order chi connectivity index (χ1) is 6.78. The van der Waals surface area contributed by atoms with E-state index in [4.69, 9.17) is 5.73 Å². The molecule has 0 aliphatic rings. The standard InChI is InChI=1S/C10H24N2O2S/c1-8(2)7-15(13,14)12-10(5-6-11)9(3)4/h8-10,12H,5-7,11H2,1-4H3. The molecule has 0 rings (SSSR count). The van der Waals surface area contributed by atoms with Crippen LogP contribution in [0.25, 0.3) is 0 Å². The average Bonchev–Trinajstić information content (AvgIpc) is 2.00. The van der Waals surface area contributed by atoms with E-state index in [1.165, 1.54) is 0 Å². The molecule has 0 heterocycles. The molecule has 0 fully saturated rings. The molecule has 1 atom stereocenters. The van der Waals surface area contributed by atoms with Gasteiger partial charge in [0.15, 0.2) is 0 Å². The van der Waals surface area contributed by atoms with Crippen LogP contribution in [-0.2, 0) is 10.0 Å². The predicted octanol–water partition coefficient (Wildman–Crippen LogP) is 0.935. The molecular formula is C10H24N2O2S. The Balaban J connectivity index is 4.39. The van der Waals surface area contributed by atoms with Gasteiger partial charge in [0.05, 0.1) is 5.75 Å². The van der Waals surface area contributed by atoms with Crippen molar-refractivity contribution in [3.05, 3.63) is 0 Å². The molecule has 0 aromatic carbocycles. The number of hydrogen-bond acceptors (Lipinski definition) is 3. The third-order valence-electron chi connectivity index (χ3n) is 2.17. The van der Waals surface area contributed by atoms with Crippen LogP contribution in [0, 0.1) is 11.8 Å². The normalized spacial score (nSPS) is 14.9. The highest BCUT2D eigenvalue weighted by Gasteiger charge is 2.20. The third-order valence-corrected chi connectivity index (χ3v) is 3.93. The Labute approximate surface area is 93.7 Å². The van der Waals surface area contributed by atoms with Crippen LogP contribution in [0.1, 0.15) is 34.1 Å². The van der Waals surface area contributed by atoms with Gasteiger partial charge in [-0.05, 0) is 24.8 Å². The van der Waals surface area contributed by atoms with E-state index < -0.39 is 10.0 Å². The molecule has 0 amide bonds. The first-order valence-corrected chi connectivity index (χ1v) is 7.13. The van der Waals surface area contributed by atoms with Gasteiger partial charge in [-0.2, -0.15) is 0 Å².